The Balaban J connectivity index is 1.75. The second kappa shape index (κ2) is 9.23. The molecular weight excluding hydrogens is 353 g/mol. The number of pyridine rings is 1. The van der Waals surface area contributed by atoms with Crippen LogP contribution in [0.3, 0.4) is 0 Å². The van der Waals surface area contributed by atoms with Crippen molar-refractivity contribution >= 4 is 50.7 Å². The molecule has 2 aromatic carbocycles. The summed E-state index contributed by atoms with van der Waals surface area (Å²) in [6, 6.07) is 16.6. The molecule has 0 aliphatic heterocycles. The first-order valence-electron chi connectivity index (χ1n) is 8.69. The Morgan fingerprint density at radius 2 is 1.36 bits per heavy atom. The van der Waals surface area contributed by atoms with Crippen LogP contribution in [0.1, 0.15) is 6.42 Å². The van der Waals surface area contributed by atoms with Crippen LogP contribution in [-0.4, -0.2) is 47.8 Å². The van der Waals surface area contributed by atoms with Crippen LogP contribution >= 0.6 is 23.2 Å². The summed E-state index contributed by atoms with van der Waals surface area (Å²) in [5.74, 6) is 1.29. The van der Waals surface area contributed by atoms with E-state index >= 15 is 0 Å². The first-order valence-corrected chi connectivity index (χ1v) is 9.76. The molecular formula is C20H23Cl2N3. The van der Waals surface area contributed by atoms with Crippen molar-refractivity contribution in [2.45, 2.75) is 6.42 Å². The highest BCUT2D eigenvalue weighted by molar-refractivity contribution is 6.18. The van der Waals surface area contributed by atoms with Crippen LogP contribution in [0.5, 0.6) is 0 Å². The molecule has 1 N–H and O–H groups in total. The average Bonchev–Trinajstić information content (AvgIpc) is 2.64. The summed E-state index contributed by atoms with van der Waals surface area (Å²) in [6.07, 6.45) is 1.04. The maximum atomic E-state index is 5.86. The van der Waals surface area contributed by atoms with E-state index in [2.05, 4.69) is 46.6 Å². The van der Waals surface area contributed by atoms with Crippen molar-refractivity contribution in [3.63, 3.8) is 0 Å². The molecule has 0 atom stereocenters. The van der Waals surface area contributed by atoms with Gasteiger partial charge in [-0.15, -0.1) is 23.2 Å². The summed E-state index contributed by atoms with van der Waals surface area (Å²) in [5, 5.41) is 5.97. The number of hydrogen-bond donors (Lipinski definition) is 1. The Bertz CT molecular complexity index is 762. The zero-order valence-electron chi connectivity index (χ0n) is 14.2. The van der Waals surface area contributed by atoms with E-state index in [4.69, 9.17) is 28.2 Å². The van der Waals surface area contributed by atoms with E-state index < -0.39 is 0 Å². The smallest absolute Gasteiger partial charge is 0.0730 e. The molecule has 5 heteroatoms. The SMILES string of the molecule is ClCCN(CCCl)CCCNc1c2ccccc2nc2ccccc12. The molecule has 3 aromatic rings. The van der Waals surface area contributed by atoms with E-state index in [0.29, 0.717) is 11.8 Å². The molecule has 1 aromatic heterocycles. The summed E-state index contributed by atoms with van der Waals surface area (Å²) in [6.45, 7) is 3.66. The zero-order valence-corrected chi connectivity index (χ0v) is 15.7. The third-order valence-corrected chi connectivity index (χ3v) is 4.68. The summed E-state index contributed by atoms with van der Waals surface area (Å²) in [7, 11) is 0. The van der Waals surface area contributed by atoms with E-state index in [1.54, 1.807) is 0 Å². The third-order valence-electron chi connectivity index (χ3n) is 4.34. The fourth-order valence-electron chi connectivity index (χ4n) is 3.12. The molecule has 0 fully saturated rings. The van der Waals surface area contributed by atoms with Crippen LogP contribution < -0.4 is 5.32 Å². The van der Waals surface area contributed by atoms with Crippen molar-refractivity contribution in [2.24, 2.45) is 0 Å². The first kappa shape index (κ1) is 18.2. The van der Waals surface area contributed by atoms with Gasteiger partial charge in [0.25, 0.3) is 0 Å². The molecule has 0 aliphatic rings. The minimum atomic E-state index is 0.643. The summed E-state index contributed by atoms with van der Waals surface area (Å²) in [4.78, 5) is 7.08. The minimum Gasteiger partial charge on any atom is -0.384 e. The van der Waals surface area contributed by atoms with Crippen molar-refractivity contribution in [2.75, 3.05) is 43.3 Å². The lowest BCUT2D eigenvalue weighted by Crippen LogP contribution is -2.30. The van der Waals surface area contributed by atoms with Gasteiger partial charge in [-0.3, -0.25) is 0 Å². The first-order chi connectivity index (χ1) is 12.3. The molecule has 0 amide bonds. The molecule has 0 saturated heterocycles. The number of halogens is 2. The maximum absolute atomic E-state index is 5.86. The highest BCUT2D eigenvalue weighted by Crippen LogP contribution is 2.30. The number of aromatic nitrogens is 1. The maximum Gasteiger partial charge on any atom is 0.0730 e. The van der Waals surface area contributed by atoms with E-state index in [1.807, 2.05) is 12.1 Å². The van der Waals surface area contributed by atoms with Crippen molar-refractivity contribution in [1.29, 1.82) is 0 Å². The van der Waals surface area contributed by atoms with Gasteiger partial charge in [0.1, 0.15) is 0 Å². The van der Waals surface area contributed by atoms with Gasteiger partial charge in [0.05, 0.1) is 16.7 Å². The normalized spacial score (nSPS) is 11.5. The van der Waals surface area contributed by atoms with E-state index in [9.17, 15) is 0 Å². The van der Waals surface area contributed by atoms with Crippen molar-refractivity contribution < 1.29 is 0 Å². The lowest BCUT2D eigenvalue weighted by atomic mass is 10.1. The summed E-state index contributed by atoms with van der Waals surface area (Å²) < 4.78 is 0. The molecule has 0 aliphatic carbocycles. The largest absolute Gasteiger partial charge is 0.384 e. The molecule has 0 unspecified atom stereocenters. The Hall–Kier alpha value is -1.55. The average molecular weight is 376 g/mol. The number of rotatable bonds is 9. The van der Waals surface area contributed by atoms with Gasteiger partial charge in [-0.05, 0) is 25.1 Å². The molecule has 3 rings (SSSR count). The highest BCUT2D eigenvalue weighted by atomic mass is 35.5. The molecule has 0 saturated carbocycles. The number of para-hydroxylation sites is 2. The molecule has 25 heavy (non-hydrogen) atoms. The Morgan fingerprint density at radius 1 is 0.800 bits per heavy atom. The second-order valence-electron chi connectivity index (χ2n) is 6.02. The van der Waals surface area contributed by atoms with E-state index in [-0.39, 0.29) is 0 Å². The second-order valence-corrected chi connectivity index (χ2v) is 6.78. The molecule has 0 bridgehead atoms. The number of benzene rings is 2. The Kier molecular flexibility index (Phi) is 6.74. The van der Waals surface area contributed by atoms with Crippen LogP contribution in [0.25, 0.3) is 21.8 Å². The van der Waals surface area contributed by atoms with Crippen LogP contribution in [0.15, 0.2) is 48.5 Å². The zero-order chi connectivity index (χ0) is 17.5. The summed E-state index contributed by atoms with van der Waals surface area (Å²) >= 11 is 11.7. The van der Waals surface area contributed by atoms with Crippen molar-refractivity contribution in [1.82, 2.24) is 9.88 Å². The van der Waals surface area contributed by atoms with Gasteiger partial charge in [0.15, 0.2) is 0 Å². The Morgan fingerprint density at radius 3 is 1.92 bits per heavy atom. The van der Waals surface area contributed by atoms with Gasteiger partial charge in [-0.2, -0.15) is 0 Å². The van der Waals surface area contributed by atoms with Crippen LogP contribution in [0, 0.1) is 0 Å². The molecule has 3 nitrogen and oxygen atoms in total. The number of alkyl halides is 2. The lowest BCUT2D eigenvalue weighted by Gasteiger charge is -2.20. The van der Waals surface area contributed by atoms with Gasteiger partial charge < -0.3 is 10.2 Å². The van der Waals surface area contributed by atoms with Crippen molar-refractivity contribution in [3.05, 3.63) is 48.5 Å². The van der Waals surface area contributed by atoms with Crippen LogP contribution in [0.4, 0.5) is 5.69 Å². The van der Waals surface area contributed by atoms with E-state index in [1.165, 1.54) is 16.5 Å². The number of fused-ring (bicyclic) bond motifs is 2. The monoisotopic (exact) mass is 375 g/mol. The third kappa shape index (κ3) is 4.55. The minimum absolute atomic E-state index is 0.643. The quantitative estimate of drug-likeness (QED) is 0.325. The molecule has 132 valence electrons. The topological polar surface area (TPSA) is 28.2 Å². The number of hydrogen-bond acceptors (Lipinski definition) is 3. The van der Waals surface area contributed by atoms with E-state index in [0.717, 1.165) is 43.6 Å². The Labute approximate surface area is 158 Å². The van der Waals surface area contributed by atoms with Gasteiger partial charge in [0.2, 0.25) is 0 Å². The van der Waals surface area contributed by atoms with Crippen molar-refractivity contribution in [3.8, 4) is 0 Å². The fourth-order valence-corrected chi connectivity index (χ4v) is 3.60. The van der Waals surface area contributed by atoms with Gasteiger partial charge >= 0.3 is 0 Å². The lowest BCUT2D eigenvalue weighted by molar-refractivity contribution is 0.306. The van der Waals surface area contributed by atoms with Crippen LogP contribution in [0.2, 0.25) is 0 Å². The highest BCUT2D eigenvalue weighted by Gasteiger charge is 2.08. The predicted octanol–water partition coefficient (Wildman–Crippen LogP) is 4.97. The number of nitrogens with one attached hydrogen (secondary N) is 1. The molecule has 0 spiro atoms. The van der Waals surface area contributed by atoms with Gasteiger partial charge in [-0.25, -0.2) is 4.98 Å². The predicted molar refractivity (Wildman–Crippen MR) is 110 cm³/mol. The summed E-state index contributed by atoms with van der Waals surface area (Å²) in [5.41, 5.74) is 3.21. The van der Waals surface area contributed by atoms with Gasteiger partial charge in [-0.1, -0.05) is 36.4 Å². The number of anilines is 1. The van der Waals surface area contributed by atoms with Crippen LogP contribution in [-0.2, 0) is 0 Å². The molecule has 1 heterocycles. The molecule has 0 radical (unpaired) electrons. The number of nitrogens with zero attached hydrogens (tertiary/aromatic N) is 2. The van der Waals surface area contributed by atoms with Gasteiger partial charge in [0, 0.05) is 42.2 Å². The fraction of sp³-hybridized carbons (Fsp3) is 0.350. The standard InChI is InChI=1S/C20H23Cl2N3/c21-10-14-25(15-11-22)13-5-12-23-20-16-6-1-3-8-18(16)24-19-9-4-2-7-17(19)20/h1-4,6-9H,5,10-15H2,(H,23,24).